The average Bonchev–Trinajstić information content (AvgIpc) is 2.85. The number of nitrogens with two attached hydrogens (primary N) is 1. The number of hydrazine groups is 1. The van der Waals surface area contributed by atoms with Gasteiger partial charge in [0.25, 0.3) is 5.91 Å². The van der Waals surface area contributed by atoms with Crippen LogP contribution in [0, 0.1) is 0 Å². The quantitative estimate of drug-likeness (QED) is 0.369. The van der Waals surface area contributed by atoms with Crippen LogP contribution in [0.2, 0.25) is 0 Å². The van der Waals surface area contributed by atoms with Gasteiger partial charge in [-0.25, -0.2) is 15.8 Å². The van der Waals surface area contributed by atoms with E-state index in [0.717, 1.165) is 10.7 Å². The lowest BCUT2D eigenvalue weighted by Crippen LogP contribution is -2.29. The maximum atomic E-state index is 11.2. The molecule has 8 heteroatoms. The number of nitrogen functional groups attached to an aromatic ring is 1. The van der Waals surface area contributed by atoms with Crippen molar-refractivity contribution in [3.05, 3.63) is 34.7 Å². The van der Waals surface area contributed by atoms with E-state index in [4.69, 9.17) is 5.84 Å². The van der Waals surface area contributed by atoms with Gasteiger partial charge >= 0.3 is 0 Å². The second kappa shape index (κ2) is 5.71. The first-order valence-corrected chi connectivity index (χ1v) is 6.50. The van der Waals surface area contributed by atoms with Gasteiger partial charge in [0.15, 0.2) is 5.01 Å². The molecule has 2 heterocycles. The molecule has 0 unspecified atom stereocenters. The van der Waals surface area contributed by atoms with Crippen molar-refractivity contribution >= 4 is 29.0 Å². The van der Waals surface area contributed by atoms with Gasteiger partial charge in [-0.15, -0.1) is 11.3 Å². The number of aromatic nitrogens is 3. The Hall–Kier alpha value is -1.51. The van der Waals surface area contributed by atoms with Crippen LogP contribution in [-0.2, 0) is 5.75 Å². The first kappa shape index (κ1) is 12.0. The molecule has 0 aliphatic carbocycles. The molecule has 6 nitrogen and oxygen atoms in total. The van der Waals surface area contributed by atoms with Crippen molar-refractivity contribution in [1.82, 2.24) is 20.4 Å². The number of carbonyl (C=O) groups is 1. The molecular weight excluding hydrogens is 258 g/mol. The van der Waals surface area contributed by atoms with E-state index in [1.165, 1.54) is 23.1 Å². The summed E-state index contributed by atoms with van der Waals surface area (Å²) in [6.07, 6.45) is 4.94. The molecule has 0 spiro atoms. The van der Waals surface area contributed by atoms with Gasteiger partial charge in [0.1, 0.15) is 5.03 Å². The van der Waals surface area contributed by atoms with Crippen LogP contribution in [0.3, 0.4) is 0 Å². The van der Waals surface area contributed by atoms with E-state index in [1.54, 1.807) is 18.6 Å². The van der Waals surface area contributed by atoms with E-state index >= 15 is 0 Å². The summed E-state index contributed by atoms with van der Waals surface area (Å²) in [6, 6.07) is 0. The van der Waals surface area contributed by atoms with Crippen LogP contribution in [0.25, 0.3) is 0 Å². The van der Waals surface area contributed by atoms with E-state index < -0.39 is 0 Å². The number of nitrogens with one attached hydrogen (secondary N) is 1. The normalized spacial score (nSPS) is 10.2. The third-order valence-electron chi connectivity index (χ3n) is 1.78. The molecule has 17 heavy (non-hydrogen) atoms. The largest absolute Gasteiger partial charge is 0.294 e. The van der Waals surface area contributed by atoms with E-state index in [9.17, 15) is 4.79 Å². The Balaban J connectivity index is 1.96. The summed E-state index contributed by atoms with van der Waals surface area (Å²) in [4.78, 5) is 23.4. The predicted molar refractivity (Wildman–Crippen MR) is 65.4 cm³/mol. The van der Waals surface area contributed by atoms with Crippen molar-refractivity contribution in [2.45, 2.75) is 10.8 Å². The van der Waals surface area contributed by atoms with Gasteiger partial charge in [0.2, 0.25) is 0 Å². The predicted octanol–water partition coefficient (Wildman–Crippen LogP) is 0.829. The molecule has 2 rings (SSSR count). The van der Waals surface area contributed by atoms with Crippen LogP contribution in [-0.4, -0.2) is 20.9 Å². The number of thiazole rings is 1. The Bertz CT molecular complexity index is 501. The molecule has 0 atom stereocenters. The van der Waals surface area contributed by atoms with Crippen molar-refractivity contribution < 1.29 is 4.79 Å². The van der Waals surface area contributed by atoms with Crippen LogP contribution in [0.5, 0.6) is 0 Å². The van der Waals surface area contributed by atoms with Gasteiger partial charge in [-0.2, -0.15) is 0 Å². The zero-order chi connectivity index (χ0) is 12.1. The Morgan fingerprint density at radius 3 is 3.12 bits per heavy atom. The minimum Gasteiger partial charge on any atom is -0.288 e. The highest BCUT2D eigenvalue weighted by atomic mass is 32.2. The lowest BCUT2D eigenvalue weighted by Gasteiger charge is -1.96. The summed E-state index contributed by atoms with van der Waals surface area (Å²) in [6.45, 7) is 0. The summed E-state index contributed by atoms with van der Waals surface area (Å²) in [7, 11) is 0. The molecule has 0 saturated heterocycles. The summed E-state index contributed by atoms with van der Waals surface area (Å²) in [5.41, 5.74) is 2.87. The Morgan fingerprint density at radius 2 is 2.41 bits per heavy atom. The highest BCUT2D eigenvalue weighted by molar-refractivity contribution is 7.98. The minimum absolute atomic E-state index is 0.363. The number of rotatable bonds is 4. The SMILES string of the molecule is NNC(=O)c1nc(CSc2cnccn2)cs1. The van der Waals surface area contributed by atoms with Crippen molar-refractivity contribution in [3.63, 3.8) is 0 Å². The third kappa shape index (κ3) is 3.22. The van der Waals surface area contributed by atoms with E-state index in [0.29, 0.717) is 10.8 Å². The molecule has 3 N–H and O–H groups in total. The molecule has 0 radical (unpaired) electrons. The highest BCUT2D eigenvalue weighted by Gasteiger charge is 2.09. The number of thioether (sulfide) groups is 1. The fourth-order valence-electron chi connectivity index (χ4n) is 1.05. The van der Waals surface area contributed by atoms with Crippen LogP contribution in [0.4, 0.5) is 0 Å². The zero-order valence-corrected chi connectivity index (χ0v) is 10.3. The molecule has 0 saturated carbocycles. The first-order valence-electron chi connectivity index (χ1n) is 4.64. The summed E-state index contributed by atoms with van der Waals surface area (Å²) >= 11 is 2.78. The van der Waals surface area contributed by atoms with Gasteiger partial charge in [0, 0.05) is 23.5 Å². The van der Waals surface area contributed by atoms with Crippen LogP contribution >= 0.6 is 23.1 Å². The zero-order valence-electron chi connectivity index (χ0n) is 8.66. The number of nitrogens with zero attached hydrogens (tertiary/aromatic N) is 3. The van der Waals surface area contributed by atoms with Crippen LogP contribution in [0.1, 0.15) is 15.5 Å². The first-order chi connectivity index (χ1) is 8.29. The third-order valence-corrected chi connectivity index (χ3v) is 3.62. The average molecular weight is 267 g/mol. The van der Waals surface area contributed by atoms with Gasteiger partial charge in [0.05, 0.1) is 11.9 Å². The molecular formula is C9H9N5OS2. The van der Waals surface area contributed by atoms with E-state index in [1.807, 2.05) is 10.8 Å². The number of amides is 1. The lowest BCUT2D eigenvalue weighted by atomic mass is 10.5. The number of hydrogen-bond donors (Lipinski definition) is 2. The second-order valence-corrected chi connectivity index (χ2v) is 4.80. The minimum atomic E-state index is -0.370. The Labute approximate surface area is 106 Å². The molecule has 1 amide bonds. The smallest absolute Gasteiger partial charge is 0.288 e. The van der Waals surface area contributed by atoms with Gasteiger partial charge < -0.3 is 0 Å². The molecule has 2 aromatic heterocycles. The van der Waals surface area contributed by atoms with Gasteiger partial charge in [-0.1, -0.05) is 11.8 Å². The fourth-order valence-corrected chi connectivity index (χ4v) is 2.59. The van der Waals surface area contributed by atoms with Gasteiger partial charge in [-0.05, 0) is 0 Å². The monoisotopic (exact) mass is 267 g/mol. The van der Waals surface area contributed by atoms with Crippen molar-refractivity contribution in [2.75, 3.05) is 0 Å². The fraction of sp³-hybridized carbons (Fsp3) is 0.111. The van der Waals surface area contributed by atoms with Crippen LogP contribution < -0.4 is 11.3 Å². The topological polar surface area (TPSA) is 93.8 Å². The summed E-state index contributed by atoms with van der Waals surface area (Å²) in [5.74, 6) is 5.30. The summed E-state index contributed by atoms with van der Waals surface area (Å²) in [5, 5.41) is 3.01. The van der Waals surface area contributed by atoms with E-state index in [2.05, 4.69) is 15.0 Å². The maximum absolute atomic E-state index is 11.2. The molecule has 0 aliphatic heterocycles. The lowest BCUT2D eigenvalue weighted by molar-refractivity contribution is 0.0953. The van der Waals surface area contributed by atoms with Crippen molar-refractivity contribution in [1.29, 1.82) is 0 Å². The number of carbonyl (C=O) groups excluding carboxylic acids is 1. The Kier molecular flexibility index (Phi) is 4.02. The van der Waals surface area contributed by atoms with Crippen molar-refractivity contribution in [2.24, 2.45) is 5.84 Å². The molecule has 0 aliphatic rings. The van der Waals surface area contributed by atoms with E-state index in [-0.39, 0.29) is 5.91 Å². The second-order valence-electron chi connectivity index (χ2n) is 2.95. The molecule has 0 bridgehead atoms. The molecule has 0 aromatic carbocycles. The molecule has 0 fully saturated rings. The molecule has 88 valence electrons. The maximum Gasteiger partial charge on any atom is 0.294 e. The Morgan fingerprint density at radius 1 is 1.53 bits per heavy atom. The molecule has 2 aromatic rings. The summed E-state index contributed by atoms with van der Waals surface area (Å²) < 4.78 is 0. The standard InChI is InChI=1S/C9H9N5OS2/c10-14-8(15)9-13-6(5-17-9)4-16-7-3-11-1-2-12-7/h1-3,5H,4,10H2,(H,14,15). The highest BCUT2D eigenvalue weighted by Crippen LogP contribution is 2.20. The van der Waals surface area contributed by atoms with Crippen molar-refractivity contribution in [3.8, 4) is 0 Å². The van der Waals surface area contributed by atoms with Gasteiger partial charge in [-0.3, -0.25) is 15.2 Å². The van der Waals surface area contributed by atoms with Crippen LogP contribution in [0.15, 0.2) is 29.0 Å². The number of hydrogen-bond acceptors (Lipinski definition) is 7.